The lowest BCUT2D eigenvalue weighted by molar-refractivity contribution is 0.0733. The van der Waals surface area contributed by atoms with Crippen molar-refractivity contribution in [2.45, 2.75) is 35.0 Å². The Morgan fingerprint density at radius 1 is 1.27 bits per heavy atom. The molecule has 0 fully saturated rings. The van der Waals surface area contributed by atoms with Crippen LogP contribution in [-0.2, 0) is 0 Å². The van der Waals surface area contributed by atoms with Gasteiger partial charge in [-0.05, 0) is 13.8 Å². The molecule has 0 aliphatic carbocycles. The van der Waals surface area contributed by atoms with E-state index >= 15 is 0 Å². The molecule has 0 heterocycles. The molecule has 0 aromatic heterocycles. The third-order valence-electron chi connectivity index (χ3n) is 1.18. The monoisotopic (exact) mass is 238 g/mol. The third-order valence-corrected chi connectivity index (χ3v) is 2.33. The molecule has 0 spiro atoms. The van der Waals surface area contributed by atoms with Gasteiger partial charge >= 0.3 is 0 Å². The minimum atomic E-state index is -1.40. The van der Waals surface area contributed by atoms with Gasteiger partial charge in [-0.3, -0.25) is 0 Å². The van der Waals surface area contributed by atoms with E-state index in [1.54, 1.807) is 13.8 Å². The molecule has 1 N–H and O–H groups in total. The maximum absolute atomic E-state index is 9.34. The van der Waals surface area contributed by atoms with Crippen LogP contribution in [-0.4, -0.2) is 19.9 Å². The van der Waals surface area contributed by atoms with Crippen LogP contribution in [0.5, 0.6) is 0 Å². The number of hydrogen-bond acceptors (Lipinski definition) is 1. The summed E-state index contributed by atoms with van der Waals surface area (Å²) in [4.78, 5) is 0. The van der Waals surface area contributed by atoms with E-state index < -0.39 is 14.8 Å². The quantitative estimate of drug-likeness (QED) is 0.735. The minimum Gasteiger partial charge on any atom is -0.389 e. The number of rotatable bonds is 2. The largest absolute Gasteiger partial charge is 0.389 e. The highest BCUT2D eigenvalue weighted by Crippen LogP contribution is 2.35. The summed E-state index contributed by atoms with van der Waals surface area (Å²) < 4.78 is -1.40. The number of halogens is 4. The third kappa shape index (κ3) is 6.30. The van der Waals surface area contributed by atoms with Gasteiger partial charge in [-0.2, -0.15) is 0 Å². The van der Waals surface area contributed by atoms with Gasteiger partial charge in [0.25, 0.3) is 0 Å². The van der Waals surface area contributed by atoms with Gasteiger partial charge in [-0.1, -0.05) is 34.8 Å². The van der Waals surface area contributed by atoms with E-state index in [0.717, 1.165) is 0 Å². The van der Waals surface area contributed by atoms with E-state index in [-0.39, 0.29) is 6.42 Å². The first-order valence-electron chi connectivity index (χ1n) is 3.06. The van der Waals surface area contributed by atoms with Gasteiger partial charge in [0.15, 0.2) is 3.79 Å². The first-order valence-corrected chi connectivity index (χ1v) is 4.63. The van der Waals surface area contributed by atoms with E-state index in [9.17, 15) is 5.11 Å². The molecule has 0 saturated carbocycles. The Morgan fingerprint density at radius 3 is 1.73 bits per heavy atom. The van der Waals surface area contributed by atoms with E-state index in [1.807, 2.05) is 0 Å². The van der Waals surface area contributed by atoms with Crippen LogP contribution in [0.15, 0.2) is 0 Å². The fraction of sp³-hybridized carbons (Fsp3) is 1.00. The van der Waals surface area contributed by atoms with E-state index in [0.29, 0.717) is 0 Å². The zero-order valence-corrected chi connectivity index (χ0v) is 9.27. The van der Waals surface area contributed by atoms with Crippen LogP contribution in [0.1, 0.15) is 20.3 Å². The molecule has 0 bridgehead atoms. The summed E-state index contributed by atoms with van der Waals surface area (Å²) in [6.45, 7) is 3.14. The molecule has 1 atom stereocenters. The molecule has 1 unspecified atom stereocenters. The lowest BCUT2D eigenvalue weighted by Crippen LogP contribution is -2.34. The highest BCUT2D eigenvalue weighted by molar-refractivity contribution is 6.67. The molecule has 11 heavy (non-hydrogen) atoms. The summed E-state index contributed by atoms with van der Waals surface area (Å²) in [7, 11) is 0. The molecular formula is C6H10Cl4O. The van der Waals surface area contributed by atoms with Crippen LogP contribution in [0.4, 0.5) is 0 Å². The van der Waals surface area contributed by atoms with Crippen molar-refractivity contribution in [3.63, 3.8) is 0 Å². The van der Waals surface area contributed by atoms with Crippen LogP contribution < -0.4 is 0 Å². The molecule has 0 radical (unpaired) electrons. The summed E-state index contributed by atoms with van der Waals surface area (Å²) in [6, 6.07) is 0. The average molecular weight is 240 g/mol. The van der Waals surface area contributed by atoms with Crippen LogP contribution in [0.2, 0.25) is 0 Å². The molecule has 0 aliphatic rings. The van der Waals surface area contributed by atoms with Crippen molar-refractivity contribution in [3.8, 4) is 0 Å². The van der Waals surface area contributed by atoms with E-state index in [4.69, 9.17) is 46.4 Å². The van der Waals surface area contributed by atoms with Crippen molar-refractivity contribution in [2.75, 3.05) is 0 Å². The molecule has 1 nitrogen and oxygen atoms in total. The van der Waals surface area contributed by atoms with Gasteiger partial charge in [-0.15, -0.1) is 11.6 Å². The fourth-order valence-electron chi connectivity index (χ4n) is 0.453. The first kappa shape index (κ1) is 12.1. The second kappa shape index (κ2) is 3.89. The lowest BCUT2D eigenvalue weighted by Gasteiger charge is -2.26. The SMILES string of the molecule is CC(C)(O)C(Cl)CC(Cl)(Cl)Cl. The number of hydrogen-bond donors (Lipinski definition) is 1. The van der Waals surface area contributed by atoms with Crippen molar-refractivity contribution in [1.82, 2.24) is 0 Å². The molecule has 0 rings (SSSR count). The fourth-order valence-corrected chi connectivity index (χ4v) is 1.38. The Labute approximate surface area is 86.6 Å². The van der Waals surface area contributed by atoms with Crippen molar-refractivity contribution >= 4 is 46.4 Å². The van der Waals surface area contributed by atoms with Gasteiger partial charge in [0.1, 0.15) is 0 Å². The summed E-state index contributed by atoms with van der Waals surface area (Å²) in [5.41, 5.74) is -1.02. The summed E-state index contributed by atoms with van der Waals surface area (Å²) >= 11 is 22.1. The van der Waals surface area contributed by atoms with Gasteiger partial charge in [-0.25, -0.2) is 0 Å². The molecule has 68 valence electrons. The maximum atomic E-state index is 9.34. The van der Waals surface area contributed by atoms with Crippen LogP contribution in [0.25, 0.3) is 0 Å². The second-order valence-electron chi connectivity index (χ2n) is 2.94. The second-order valence-corrected chi connectivity index (χ2v) is 5.98. The Morgan fingerprint density at radius 2 is 1.64 bits per heavy atom. The van der Waals surface area contributed by atoms with Crippen LogP contribution in [0.3, 0.4) is 0 Å². The summed E-state index contributed by atoms with van der Waals surface area (Å²) in [5, 5.41) is 8.78. The molecule has 0 aromatic carbocycles. The predicted octanol–water partition coefficient (Wildman–Crippen LogP) is 3.13. The Kier molecular flexibility index (Phi) is 4.28. The van der Waals surface area contributed by atoms with Gasteiger partial charge in [0, 0.05) is 6.42 Å². The first-order chi connectivity index (χ1) is 4.63. The zero-order valence-electron chi connectivity index (χ0n) is 6.24. The Bertz CT molecular complexity index is 124. The Balaban J connectivity index is 3.99. The van der Waals surface area contributed by atoms with Gasteiger partial charge < -0.3 is 5.11 Å². The van der Waals surface area contributed by atoms with E-state index in [1.165, 1.54) is 0 Å². The van der Waals surface area contributed by atoms with Gasteiger partial charge in [0.05, 0.1) is 11.0 Å². The summed E-state index contributed by atoms with van der Waals surface area (Å²) in [6.07, 6.45) is 0.128. The minimum absolute atomic E-state index is 0.128. The van der Waals surface area contributed by atoms with E-state index in [2.05, 4.69) is 0 Å². The molecule has 0 saturated heterocycles. The lowest BCUT2D eigenvalue weighted by atomic mass is 10.0. The summed E-state index contributed by atoms with van der Waals surface area (Å²) in [5.74, 6) is 0. The van der Waals surface area contributed by atoms with Crippen molar-refractivity contribution in [2.24, 2.45) is 0 Å². The van der Waals surface area contributed by atoms with Gasteiger partial charge in [0.2, 0.25) is 0 Å². The van der Waals surface area contributed by atoms with Crippen LogP contribution >= 0.6 is 46.4 Å². The highest BCUT2D eigenvalue weighted by atomic mass is 35.6. The molecule has 5 heteroatoms. The smallest absolute Gasteiger partial charge is 0.192 e. The van der Waals surface area contributed by atoms with Crippen LogP contribution in [0, 0.1) is 0 Å². The Hall–Kier alpha value is 1.12. The average Bonchev–Trinajstić information content (AvgIpc) is 1.56. The van der Waals surface area contributed by atoms with Crippen molar-refractivity contribution in [1.29, 1.82) is 0 Å². The predicted molar refractivity (Wildman–Crippen MR) is 50.8 cm³/mol. The highest BCUT2D eigenvalue weighted by Gasteiger charge is 2.32. The van der Waals surface area contributed by atoms with Crippen molar-refractivity contribution in [3.05, 3.63) is 0 Å². The molecule has 0 aliphatic heterocycles. The molecule has 0 amide bonds. The number of alkyl halides is 4. The normalized spacial score (nSPS) is 16.6. The zero-order chi connectivity index (χ0) is 9.28. The standard InChI is InChI=1S/C6H10Cl4O/c1-5(2,11)4(7)3-6(8,9)10/h4,11H,3H2,1-2H3. The molecular weight excluding hydrogens is 230 g/mol. The maximum Gasteiger partial charge on any atom is 0.192 e. The van der Waals surface area contributed by atoms with Crippen molar-refractivity contribution < 1.29 is 5.11 Å². The topological polar surface area (TPSA) is 20.2 Å². The molecule has 0 aromatic rings. The number of aliphatic hydroxyl groups is 1.